The van der Waals surface area contributed by atoms with Gasteiger partial charge >= 0.3 is 0 Å². The monoisotopic (exact) mass is 481 g/mol. The lowest BCUT2D eigenvalue weighted by Crippen LogP contribution is -2.51. The Labute approximate surface area is 177 Å². The average molecular weight is 481 g/mol. The standard InChI is InChI=1S/C19H39N5O.HI/c1-5-23-8-6-7-17(14-23)11-21-19(20-4)22-12-18-15-24(9-10-25-18)13-16(2)3;/h16-18H,5-15H2,1-4H3,(H2,20,21,22);1H. The lowest BCUT2D eigenvalue weighted by molar-refractivity contribution is -0.0284. The molecule has 2 saturated heterocycles. The molecule has 26 heavy (non-hydrogen) atoms. The van der Waals surface area contributed by atoms with E-state index in [0.717, 1.165) is 57.8 Å². The van der Waals surface area contributed by atoms with Crippen molar-refractivity contribution in [2.75, 3.05) is 66.0 Å². The zero-order chi connectivity index (χ0) is 18.1. The molecule has 2 atom stereocenters. The third-order valence-corrected chi connectivity index (χ3v) is 5.18. The lowest BCUT2D eigenvalue weighted by Gasteiger charge is -2.34. The van der Waals surface area contributed by atoms with Crippen molar-refractivity contribution in [2.24, 2.45) is 16.8 Å². The van der Waals surface area contributed by atoms with Gasteiger partial charge in [-0.05, 0) is 37.8 Å². The number of ether oxygens (including phenoxy) is 1. The molecule has 0 aromatic heterocycles. The van der Waals surface area contributed by atoms with Crippen molar-refractivity contribution in [3.63, 3.8) is 0 Å². The van der Waals surface area contributed by atoms with Crippen LogP contribution < -0.4 is 10.6 Å². The first kappa shape index (κ1) is 23.9. The van der Waals surface area contributed by atoms with Crippen molar-refractivity contribution >= 4 is 29.9 Å². The Morgan fingerprint density at radius 1 is 1.15 bits per heavy atom. The second kappa shape index (κ2) is 13.1. The molecule has 6 nitrogen and oxygen atoms in total. The van der Waals surface area contributed by atoms with E-state index in [4.69, 9.17) is 4.74 Å². The molecule has 0 bridgehead atoms. The van der Waals surface area contributed by atoms with Crippen LogP contribution in [0.3, 0.4) is 0 Å². The van der Waals surface area contributed by atoms with Crippen LogP contribution >= 0.6 is 24.0 Å². The van der Waals surface area contributed by atoms with E-state index >= 15 is 0 Å². The maximum absolute atomic E-state index is 5.91. The van der Waals surface area contributed by atoms with Crippen LogP contribution in [0.15, 0.2) is 4.99 Å². The number of nitrogens with one attached hydrogen (secondary N) is 2. The number of piperidine rings is 1. The molecule has 2 N–H and O–H groups in total. The highest BCUT2D eigenvalue weighted by atomic mass is 127. The van der Waals surface area contributed by atoms with Crippen molar-refractivity contribution in [2.45, 2.75) is 39.7 Å². The van der Waals surface area contributed by atoms with Crippen molar-refractivity contribution in [1.29, 1.82) is 0 Å². The van der Waals surface area contributed by atoms with Crippen LogP contribution in [0.25, 0.3) is 0 Å². The molecule has 2 heterocycles. The number of nitrogens with zero attached hydrogens (tertiary/aromatic N) is 3. The maximum Gasteiger partial charge on any atom is 0.191 e. The van der Waals surface area contributed by atoms with Gasteiger partial charge < -0.3 is 20.3 Å². The van der Waals surface area contributed by atoms with Crippen molar-refractivity contribution in [3.8, 4) is 0 Å². The van der Waals surface area contributed by atoms with Gasteiger partial charge in [-0.3, -0.25) is 9.89 Å². The van der Waals surface area contributed by atoms with Crippen LogP contribution in [0, 0.1) is 11.8 Å². The summed E-state index contributed by atoms with van der Waals surface area (Å²) in [7, 11) is 1.85. The largest absolute Gasteiger partial charge is 0.374 e. The van der Waals surface area contributed by atoms with E-state index < -0.39 is 0 Å². The molecule has 0 aliphatic carbocycles. The molecule has 7 heteroatoms. The number of guanidine groups is 1. The molecule has 0 saturated carbocycles. The Balaban J connectivity index is 0.00000338. The minimum absolute atomic E-state index is 0. The molecule has 2 fully saturated rings. The molecule has 2 aliphatic heterocycles. The lowest BCUT2D eigenvalue weighted by atomic mass is 9.98. The van der Waals surface area contributed by atoms with Gasteiger partial charge in [0, 0.05) is 46.3 Å². The van der Waals surface area contributed by atoms with Gasteiger partial charge in [0.25, 0.3) is 0 Å². The molecule has 154 valence electrons. The van der Waals surface area contributed by atoms with Crippen molar-refractivity contribution < 1.29 is 4.74 Å². The van der Waals surface area contributed by atoms with Crippen LogP contribution in [-0.2, 0) is 4.74 Å². The van der Waals surface area contributed by atoms with Gasteiger partial charge in [-0.1, -0.05) is 20.8 Å². The molecule has 2 aliphatic rings. The maximum atomic E-state index is 5.91. The Bertz CT molecular complexity index is 407. The molecule has 2 rings (SSSR count). The summed E-state index contributed by atoms with van der Waals surface area (Å²) in [6.07, 6.45) is 2.88. The van der Waals surface area contributed by atoms with Crippen LogP contribution in [0.4, 0.5) is 0 Å². The van der Waals surface area contributed by atoms with Gasteiger partial charge in [0.2, 0.25) is 0 Å². The number of rotatable bonds is 7. The zero-order valence-corrected chi connectivity index (χ0v) is 19.5. The first-order valence-electron chi connectivity index (χ1n) is 10.1. The fourth-order valence-electron chi connectivity index (χ4n) is 3.86. The minimum atomic E-state index is 0. The molecule has 2 unspecified atom stereocenters. The summed E-state index contributed by atoms with van der Waals surface area (Å²) in [6.45, 7) is 16.3. The molecule has 0 aromatic rings. The van der Waals surface area contributed by atoms with Gasteiger partial charge in [-0.25, -0.2) is 0 Å². The first-order chi connectivity index (χ1) is 12.1. The summed E-state index contributed by atoms with van der Waals surface area (Å²) in [6, 6.07) is 0. The van der Waals surface area contributed by atoms with Crippen LogP contribution in [-0.4, -0.2) is 87.9 Å². The highest BCUT2D eigenvalue weighted by molar-refractivity contribution is 14.0. The van der Waals surface area contributed by atoms with E-state index in [1.807, 2.05) is 7.05 Å². The molecule has 0 radical (unpaired) electrons. The molecule has 0 aromatic carbocycles. The Morgan fingerprint density at radius 2 is 1.92 bits per heavy atom. The van der Waals surface area contributed by atoms with Gasteiger partial charge in [-0.2, -0.15) is 0 Å². The number of aliphatic imine (C=N–C) groups is 1. The quantitative estimate of drug-likeness (QED) is 0.331. The third kappa shape index (κ3) is 8.71. The Morgan fingerprint density at radius 3 is 2.62 bits per heavy atom. The molecule has 0 amide bonds. The van der Waals surface area contributed by atoms with E-state index in [1.54, 1.807) is 0 Å². The van der Waals surface area contributed by atoms with E-state index in [1.165, 1.54) is 25.9 Å². The topological polar surface area (TPSA) is 52.1 Å². The summed E-state index contributed by atoms with van der Waals surface area (Å²) < 4.78 is 5.91. The van der Waals surface area contributed by atoms with Crippen LogP contribution in [0.5, 0.6) is 0 Å². The van der Waals surface area contributed by atoms with Gasteiger partial charge in [-0.15, -0.1) is 24.0 Å². The Kier molecular flexibility index (Phi) is 12.1. The highest BCUT2D eigenvalue weighted by Gasteiger charge is 2.22. The average Bonchev–Trinajstić information content (AvgIpc) is 2.62. The predicted molar refractivity (Wildman–Crippen MR) is 121 cm³/mol. The molecule has 0 spiro atoms. The predicted octanol–water partition coefficient (Wildman–Crippen LogP) is 1.86. The normalized spacial score (nSPS) is 25.8. The summed E-state index contributed by atoms with van der Waals surface area (Å²) >= 11 is 0. The number of likely N-dealkylation sites (tertiary alicyclic amines) is 1. The summed E-state index contributed by atoms with van der Waals surface area (Å²) in [4.78, 5) is 9.43. The number of hydrogen-bond acceptors (Lipinski definition) is 4. The molecular formula is C19H40IN5O. The number of hydrogen-bond donors (Lipinski definition) is 2. The minimum Gasteiger partial charge on any atom is -0.374 e. The first-order valence-corrected chi connectivity index (χ1v) is 10.1. The highest BCUT2D eigenvalue weighted by Crippen LogP contribution is 2.15. The van der Waals surface area contributed by atoms with E-state index in [-0.39, 0.29) is 30.1 Å². The van der Waals surface area contributed by atoms with Crippen LogP contribution in [0.1, 0.15) is 33.6 Å². The second-order valence-electron chi connectivity index (χ2n) is 7.88. The summed E-state index contributed by atoms with van der Waals surface area (Å²) in [5.74, 6) is 2.33. The van der Waals surface area contributed by atoms with E-state index in [9.17, 15) is 0 Å². The fraction of sp³-hybridized carbons (Fsp3) is 0.947. The van der Waals surface area contributed by atoms with Gasteiger partial charge in [0.15, 0.2) is 5.96 Å². The van der Waals surface area contributed by atoms with Crippen molar-refractivity contribution in [1.82, 2.24) is 20.4 Å². The van der Waals surface area contributed by atoms with Crippen LogP contribution in [0.2, 0.25) is 0 Å². The van der Waals surface area contributed by atoms with Gasteiger partial charge in [0.1, 0.15) is 0 Å². The smallest absolute Gasteiger partial charge is 0.191 e. The van der Waals surface area contributed by atoms with E-state index in [2.05, 4.69) is 46.2 Å². The SMILES string of the molecule is CCN1CCCC(CNC(=NC)NCC2CN(CC(C)C)CCO2)C1.I. The van der Waals surface area contributed by atoms with Gasteiger partial charge in [0.05, 0.1) is 12.7 Å². The summed E-state index contributed by atoms with van der Waals surface area (Å²) in [5.41, 5.74) is 0. The molecular weight excluding hydrogens is 441 g/mol. The Hall–Kier alpha value is -0.120. The fourth-order valence-corrected chi connectivity index (χ4v) is 3.86. The number of halogens is 1. The number of morpholine rings is 1. The third-order valence-electron chi connectivity index (χ3n) is 5.18. The zero-order valence-electron chi connectivity index (χ0n) is 17.2. The summed E-state index contributed by atoms with van der Waals surface area (Å²) in [5, 5.41) is 6.96. The van der Waals surface area contributed by atoms with Crippen molar-refractivity contribution in [3.05, 3.63) is 0 Å². The van der Waals surface area contributed by atoms with E-state index in [0.29, 0.717) is 5.92 Å². The second-order valence-corrected chi connectivity index (χ2v) is 7.88.